The molecule has 0 radical (unpaired) electrons. The number of hydrogen-bond acceptors (Lipinski definition) is 5. The minimum atomic E-state index is -3.78. The predicted molar refractivity (Wildman–Crippen MR) is 78.8 cm³/mol. The summed E-state index contributed by atoms with van der Waals surface area (Å²) >= 11 is 0. The van der Waals surface area contributed by atoms with Crippen LogP contribution in [0.5, 0.6) is 5.75 Å². The zero-order valence-corrected chi connectivity index (χ0v) is 13.7. The Bertz CT molecular complexity index is 637. The molecule has 0 saturated heterocycles. The summed E-state index contributed by atoms with van der Waals surface area (Å²) in [6, 6.07) is 3.56. The van der Waals surface area contributed by atoms with Crippen LogP contribution in [-0.2, 0) is 14.8 Å². The Kier molecular flexibility index (Phi) is 5.01. The van der Waals surface area contributed by atoms with E-state index in [2.05, 4.69) is 4.74 Å². The van der Waals surface area contributed by atoms with Gasteiger partial charge in [0.1, 0.15) is 11.3 Å². The lowest BCUT2D eigenvalue weighted by Crippen LogP contribution is -2.44. The van der Waals surface area contributed by atoms with Crippen molar-refractivity contribution in [2.75, 3.05) is 14.2 Å². The molecule has 0 atom stereocenters. The molecule has 0 amide bonds. The number of ether oxygens (including phenoxy) is 1. The van der Waals surface area contributed by atoms with Gasteiger partial charge >= 0.3 is 5.97 Å². The Balaban J connectivity index is 3.37. The van der Waals surface area contributed by atoms with E-state index in [-0.39, 0.29) is 16.2 Å². The molecule has 7 heteroatoms. The van der Waals surface area contributed by atoms with Gasteiger partial charge in [-0.3, -0.25) is 0 Å². The molecule has 1 aromatic carbocycles. The normalized spacial score (nSPS) is 12.5. The fourth-order valence-electron chi connectivity index (χ4n) is 1.66. The van der Waals surface area contributed by atoms with E-state index in [0.29, 0.717) is 6.42 Å². The molecule has 0 fully saturated rings. The number of benzene rings is 1. The van der Waals surface area contributed by atoms with E-state index in [1.54, 1.807) is 0 Å². The maximum Gasteiger partial charge on any atom is 0.341 e. The highest BCUT2D eigenvalue weighted by Gasteiger charge is 2.33. The lowest BCUT2D eigenvalue weighted by atomic mass is 10.0. The molecule has 0 spiro atoms. The quantitative estimate of drug-likeness (QED) is 0.840. The van der Waals surface area contributed by atoms with Crippen LogP contribution in [0, 0.1) is 0 Å². The van der Waals surface area contributed by atoms with E-state index in [9.17, 15) is 18.3 Å². The van der Waals surface area contributed by atoms with E-state index in [0.717, 1.165) is 13.2 Å². The van der Waals surface area contributed by atoms with Gasteiger partial charge in [0.15, 0.2) is 0 Å². The average Bonchev–Trinajstić information content (AvgIpc) is 2.45. The van der Waals surface area contributed by atoms with E-state index in [1.165, 1.54) is 23.5 Å². The lowest BCUT2D eigenvalue weighted by Gasteiger charge is -2.33. The van der Waals surface area contributed by atoms with Crippen LogP contribution >= 0.6 is 0 Å². The molecule has 1 N–H and O–H groups in total. The summed E-state index contributed by atoms with van der Waals surface area (Å²) in [5, 5.41) is 9.64. The van der Waals surface area contributed by atoms with Gasteiger partial charge in [0.2, 0.25) is 10.0 Å². The van der Waals surface area contributed by atoms with Crippen molar-refractivity contribution < 1.29 is 23.1 Å². The average molecular weight is 315 g/mol. The van der Waals surface area contributed by atoms with Crippen molar-refractivity contribution in [2.24, 2.45) is 0 Å². The second-order valence-electron chi connectivity index (χ2n) is 5.31. The highest BCUT2D eigenvalue weighted by molar-refractivity contribution is 7.89. The third-order valence-corrected chi connectivity index (χ3v) is 5.81. The summed E-state index contributed by atoms with van der Waals surface area (Å²) in [6.45, 7) is 5.51. The Morgan fingerprint density at radius 1 is 1.38 bits per heavy atom. The first-order chi connectivity index (χ1) is 9.57. The Labute approximate surface area is 125 Å². The second kappa shape index (κ2) is 6.03. The molecule has 6 nitrogen and oxygen atoms in total. The number of aromatic hydroxyl groups is 1. The number of methoxy groups -OCH3 is 1. The van der Waals surface area contributed by atoms with Crippen molar-refractivity contribution >= 4 is 16.0 Å². The molecule has 0 saturated carbocycles. The molecular formula is C14H21NO5S. The number of sulfonamides is 1. The van der Waals surface area contributed by atoms with Gasteiger partial charge in [-0.15, -0.1) is 0 Å². The maximum absolute atomic E-state index is 12.6. The molecule has 1 rings (SSSR count). The van der Waals surface area contributed by atoms with Crippen molar-refractivity contribution in [2.45, 2.75) is 37.6 Å². The number of rotatable bonds is 5. The summed E-state index contributed by atoms with van der Waals surface area (Å²) in [7, 11) is -1.12. The second-order valence-corrected chi connectivity index (χ2v) is 7.28. The molecule has 0 aliphatic rings. The van der Waals surface area contributed by atoms with Gasteiger partial charge in [-0.1, -0.05) is 6.92 Å². The van der Waals surface area contributed by atoms with E-state index < -0.39 is 21.5 Å². The highest BCUT2D eigenvalue weighted by Crippen LogP contribution is 2.28. The number of phenolic OH excluding ortho intramolecular Hbond substituents is 1. The number of hydrogen-bond donors (Lipinski definition) is 1. The molecule has 0 aliphatic carbocycles. The Morgan fingerprint density at radius 2 is 1.95 bits per heavy atom. The maximum atomic E-state index is 12.6. The SMILES string of the molecule is CCC(C)(C)N(C)S(=O)(=O)c1ccc(O)c(C(=O)OC)c1. The van der Waals surface area contributed by atoms with E-state index in [4.69, 9.17) is 0 Å². The van der Waals surface area contributed by atoms with Crippen molar-refractivity contribution in [1.82, 2.24) is 4.31 Å². The molecule has 21 heavy (non-hydrogen) atoms. The molecule has 0 heterocycles. The standard InChI is InChI=1S/C14H21NO5S/c1-6-14(2,3)15(4)21(18,19)10-7-8-12(16)11(9-10)13(17)20-5/h7-9,16H,6H2,1-5H3. The first-order valence-electron chi connectivity index (χ1n) is 6.48. The summed E-state index contributed by atoms with van der Waals surface area (Å²) in [6.07, 6.45) is 0.630. The van der Waals surface area contributed by atoms with E-state index in [1.807, 2.05) is 20.8 Å². The monoisotopic (exact) mass is 315 g/mol. The van der Waals surface area contributed by atoms with Gasteiger partial charge in [-0.2, -0.15) is 4.31 Å². The van der Waals surface area contributed by atoms with Crippen LogP contribution in [0.1, 0.15) is 37.6 Å². The van der Waals surface area contributed by atoms with Crippen molar-refractivity contribution in [1.29, 1.82) is 0 Å². The zero-order valence-electron chi connectivity index (χ0n) is 12.9. The van der Waals surface area contributed by atoms with Gasteiger partial charge in [-0.05, 0) is 38.5 Å². The minimum absolute atomic E-state index is 0.0651. The lowest BCUT2D eigenvalue weighted by molar-refractivity contribution is 0.0597. The fraction of sp³-hybridized carbons (Fsp3) is 0.500. The number of nitrogens with zero attached hydrogens (tertiary/aromatic N) is 1. The van der Waals surface area contributed by atoms with Crippen LogP contribution in [-0.4, -0.2) is 43.5 Å². The number of phenols is 1. The Morgan fingerprint density at radius 3 is 2.43 bits per heavy atom. The van der Waals surface area contributed by atoms with Gasteiger partial charge in [0.05, 0.1) is 12.0 Å². The van der Waals surface area contributed by atoms with Crippen LogP contribution in [0.2, 0.25) is 0 Å². The minimum Gasteiger partial charge on any atom is -0.507 e. The number of esters is 1. The summed E-state index contributed by atoms with van der Waals surface area (Å²) in [5.41, 5.74) is -0.747. The number of carbonyl (C=O) groups excluding carboxylic acids is 1. The Hall–Kier alpha value is -1.60. The van der Waals surface area contributed by atoms with Crippen molar-refractivity contribution in [3.63, 3.8) is 0 Å². The molecule has 0 bridgehead atoms. The zero-order chi connectivity index (χ0) is 16.4. The summed E-state index contributed by atoms with van der Waals surface area (Å²) in [4.78, 5) is 11.5. The summed E-state index contributed by atoms with van der Waals surface area (Å²) < 4.78 is 31.0. The fourth-order valence-corrected chi connectivity index (χ4v) is 3.26. The van der Waals surface area contributed by atoms with Gasteiger partial charge in [0, 0.05) is 12.6 Å². The molecular weight excluding hydrogens is 294 g/mol. The van der Waals surface area contributed by atoms with Crippen LogP contribution in [0.3, 0.4) is 0 Å². The largest absolute Gasteiger partial charge is 0.507 e. The van der Waals surface area contributed by atoms with Crippen molar-refractivity contribution in [3.8, 4) is 5.75 Å². The van der Waals surface area contributed by atoms with Crippen LogP contribution < -0.4 is 0 Å². The smallest absolute Gasteiger partial charge is 0.341 e. The summed E-state index contributed by atoms with van der Waals surface area (Å²) in [5.74, 6) is -1.11. The number of carbonyl (C=O) groups is 1. The molecule has 118 valence electrons. The first kappa shape index (κ1) is 17.5. The molecule has 0 aliphatic heterocycles. The van der Waals surface area contributed by atoms with Gasteiger partial charge in [-0.25, -0.2) is 13.2 Å². The topological polar surface area (TPSA) is 83.9 Å². The van der Waals surface area contributed by atoms with Crippen LogP contribution in [0.4, 0.5) is 0 Å². The molecule has 0 unspecified atom stereocenters. The first-order valence-corrected chi connectivity index (χ1v) is 7.92. The molecule has 1 aromatic rings. The van der Waals surface area contributed by atoms with E-state index >= 15 is 0 Å². The molecule has 0 aromatic heterocycles. The van der Waals surface area contributed by atoms with Crippen LogP contribution in [0.15, 0.2) is 23.1 Å². The highest BCUT2D eigenvalue weighted by atomic mass is 32.2. The third kappa shape index (κ3) is 3.36. The van der Waals surface area contributed by atoms with Gasteiger partial charge < -0.3 is 9.84 Å². The van der Waals surface area contributed by atoms with Gasteiger partial charge in [0.25, 0.3) is 0 Å². The predicted octanol–water partition coefficient (Wildman–Crippen LogP) is 1.99. The van der Waals surface area contributed by atoms with Crippen LogP contribution in [0.25, 0.3) is 0 Å². The van der Waals surface area contributed by atoms with Crippen molar-refractivity contribution in [3.05, 3.63) is 23.8 Å². The third-order valence-electron chi connectivity index (χ3n) is 3.75.